The first kappa shape index (κ1) is 31.8. The molecule has 1 saturated heterocycles. The van der Waals surface area contributed by atoms with Crippen LogP contribution in [-0.4, -0.2) is 103 Å². The molecule has 11 heteroatoms. The maximum absolute atomic E-state index is 13.9. The quantitative estimate of drug-likeness (QED) is 0.207. The topological polar surface area (TPSA) is 138 Å². The molecule has 0 spiro atoms. The van der Waals surface area contributed by atoms with E-state index in [9.17, 15) is 24.3 Å². The Labute approximate surface area is 262 Å². The summed E-state index contributed by atoms with van der Waals surface area (Å²) < 4.78 is 10.2. The van der Waals surface area contributed by atoms with E-state index in [4.69, 9.17) is 14.5 Å². The van der Waals surface area contributed by atoms with Crippen molar-refractivity contribution in [2.45, 2.75) is 24.8 Å². The van der Waals surface area contributed by atoms with Crippen molar-refractivity contribution < 1.29 is 33.8 Å². The monoisotopic (exact) mass is 614 g/mol. The number of methoxy groups -OCH3 is 1. The van der Waals surface area contributed by atoms with Gasteiger partial charge in [0.05, 0.1) is 11.3 Å². The average Bonchev–Trinajstić information content (AvgIpc) is 3.84. The van der Waals surface area contributed by atoms with E-state index in [0.717, 1.165) is 23.1 Å². The molecule has 0 radical (unpaired) electrons. The van der Waals surface area contributed by atoms with E-state index in [-0.39, 0.29) is 36.1 Å². The number of nitrogens with zero attached hydrogens (tertiary/aromatic N) is 3. The number of piperazine rings is 1. The van der Waals surface area contributed by atoms with Crippen molar-refractivity contribution in [2.75, 3.05) is 53.0 Å². The first-order chi connectivity index (χ1) is 21.9. The number of hydrogen-bond acceptors (Lipinski definition) is 8. The van der Waals surface area contributed by atoms with Crippen molar-refractivity contribution in [3.8, 4) is 11.3 Å². The summed E-state index contributed by atoms with van der Waals surface area (Å²) >= 11 is 0. The van der Waals surface area contributed by atoms with Gasteiger partial charge in [0.25, 0.3) is 12.4 Å². The Hall–Kier alpha value is -4.61. The van der Waals surface area contributed by atoms with Crippen LogP contribution in [0.2, 0.25) is 0 Å². The fourth-order valence-corrected chi connectivity index (χ4v) is 5.79. The minimum Gasteiger partial charge on any atom is -0.478 e. The Balaban J connectivity index is 1.38. The Morgan fingerprint density at radius 1 is 1.04 bits per heavy atom. The highest BCUT2D eigenvalue weighted by molar-refractivity contribution is 5.97. The van der Waals surface area contributed by atoms with Crippen molar-refractivity contribution in [1.29, 1.82) is 0 Å². The van der Waals surface area contributed by atoms with Crippen LogP contribution in [-0.2, 0) is 25.5 Å². The molecule has 2 aliphatic rings. The number of carboxylic acids is 1. The van der Waals surface area contributed by atoms with E-state index < -0.39 is 17.9 Å². The molecule has 1 aliphatic carbocycles. The van der Waals surface area contributed by atoms with Crippen LogP contribution in [0.5, 0.6) is 0 Å². The predicted molar refractivity (Wildman–Crippen MR) is 166 cm³/mol. The van der Waals surface area contributed by atoms with Crippen molar-refractivity contribution in [3.05, 3.63) is 89.1 Å². The predicted octanol–water partition coefficient (Wildman–Crippen LogP) is 2.86. The van der Waals surface area contributed by atoms with Crippen molar-refractivity contribution in [2.24, 2.45) is 5.92 Å². The molecule has 0 bridgehead atoms. The van der Waals surface area contributed by atoms with Crippen LogP contribution in [0.25, 0.3) is 11.3 Å². The van der Waals surface area contributed by atoms with Crippen molar-refractivity contribution in [1.82, 2.24) is 20.1 Å². The Kier molecular flexibility index (Phi) is 10.5. The lowest BCUT2D eigenvalue weighted by molar-refractivity contribution is -0.135. The van der Waals surface area contributed by atoms with Gasteiger partial charge in [-0.3, -0.25) is 19.3 Å². The summed E-state index contributed by atoms with van der Waals surface area (Å²) in [7, 11) is 1.69. The number of ether oxygens (including phenoxy) is 2. The third-order valence-electron chi connectivity index (χ3n) is 8.40. The molecule has 11 nitrogen and oxygen atoms in total. The number of carbonyl (C=O) groups excluding carboxylic acids is 3. The van der Waals surface area contributed by atoms with Crippen LogP contribution in [0.15, 0.2) is 66.7 Å². The van der Waals surface area contributed by atoms with E-state index in [1.165, 1.54) is 12.1 Å². The first-order valence-electron chi connectivity index (χ1n) is 15.1. The summed E-state index contributed by atoms with van der Waals surface area (Å²) in [6.07, 6.45) is 1.15. The molecule has 1 aliphatic heterocycles. The minimum atomic E-state index is -1.04. The van der Waals surface area contributed by atoms with Gasteiger partial charge in [-0.15, -0.1) is 0 Å². The second-order valence-electron chi connectivity index (χ2n) is 11.5. The van der Waals surface area contributed by atoms with Gasteiger partial charge in [0, 0.05) is 58.4 Å². The summed E-state index contributed by atoms with van der Waals surface area (Å²) in [6.45, 7) is 4.06. The zero-order chi connectivity index (χ0) is 31.8. The molecule has 2 unspecified atom stereocenters. The van der Waals surface area contributed by atoms with Gasteiger partial charge in [-0.05, 0) is 53.6 Å². The van der Waals surface area contributed by atoms with Gasteiger partial charge in [0.1, 0.15) is 18.3 Å². The molecule has 3 atom stereocenters. The lowest BCUT2D eigenvalue weighted by Gasteiger charge is -2.36. The molecule has 1 saturated carbocycles. The fraction of sp³-hybridized carbons (Fsp3) is 0.382. The molecule has 45 heavy (non-hydrogen) atoms. The normalized spacial score (nSPS) is 18.6. The molecule has 236 valence electrons. The number of rotatable bonds is 14. The summed E-state index contributed by atoms with van der Waals surface area (Å²) in [5, 5.41) is 12.3. The number of carbonyl (C=O) groups is 4. The zero-order valence-corrected chi connectivity index (χ0v) is 25.3. The number of hydrogen-bond donors (Lipinski definition) is 2. The lowest BCUT2D eigenvalue weighted by atomic mass is 10.0. The van der Waals surface area contributed by atoms with Gasteiger partial charge in [0.15, 0.2) is 0 Å². The second kappa shape index (κ2) is 14.9. The van der Waals surface area contributed by atoms with E-state index in [1.807, 2.05) is 42.5 Å². The molecule has 3 aromatic rings. The highest BCUT2D eigenvalue weighted by atomic mass is 16.5. The first-order valence-corrected chi connectivity index (χ1v) is 15.1. The number of aromatic carboxylic acids is 1. The van der Waals surface area contributed by atoms with Crippen LogP contribution in [0.3, 0.4) is 0 Å². The molecule has 1 aromatic heterocycles. The number of aromatic nitrogens is 1. The smallest absolute Gasteiger partial charge is 0.335 e. The third kappa shape index (κ3) is 8.31. The Bertz CT molecular complexity index is 1490. The van der Waals surface area contributed by atoms with Gasteiger partial charge < -0.3 is 24.8 Å². The highest BCUT2D eigenvalue weighted by Crippen LogP contribution is 2.48. The van der Waals surface area contributed by atoms with E-state index >= 15 is 0 Å². The molecule has 5 rings (SSSR count). The van der Waals surface area contributed by atoms with Crippen LogP contribution in [0.4, 0.5) is 0 Å². The minimum absolute atomic E-state index is 0.140. The summed E-state index contributed by atoms with van der Waals surface area (Å²) in [5.74, 6) is -1.08. The molecule has 2 aromatic carbocycles. The molecule has 2 fully saturated rings. The number of benzene rings is 2. The number of amides is 2. The van der Waals surface area contributed by atoms with Crippen LogP contribution in [0, 0.1) is 5.92 Å². The molecular formula is C34H38N4O7. The Morgan fingerprint density at radius 3 is 2.44 bits per heavy atom. The second-order valence-corrected chi connectivity index (χ2v) is 11.5. The zero-order valence-electron chi connectivity index (χ0n) is 25.3. The number of carboxylic acid groups (broad SMARTS) is 1. The maximum atomic E-state index is 13.9. The van der Waals surface area contributed by atoms with Crippen LogP contribution in [0.1, 0.15) is 44.3 Å². The van der Waals surface area contributed by atoms with Gasteiger partial charge in [-0.25, -0.2) is 9.78 Å². The standard InChI is InChI=1S/C34H38N4O7/c1-44-21-27-18-28(27)26-19-29(24-5-3-2-4-6-24)35-30(20-26)32(40)36-31(17-23-7-9-25(10-8-23)34(42)43)33(41)38-13-11-37(12-14-38)15-16-45-22-39/h2-10,19-20,22,27-28,31H,11-18,21H2,1H3,(H,36,40)(H,42,43)/t27?,28?,31-/m0/s1. The van der Waals surface area contributed by atoms with Crippen LogP contribution < -0.4 is 5.32 Å². The summed E-state index contributed by atoms with van der Waals surface area (Å²) in [5.41, 5.74) is 3.67. The maximum Gasteiger partial charge on any atom is 0.335 e. The Morgan fingerprint density at radius 2 is 1.78 bits per heavy atom. The average molecular weight is 615 g/mol. The van der Waals surface area contributed by atoms with Crippen molar-refractivity contribution >= 4 is 24.3 Å². The SMILES string of the molecule is COCC1CC1c1cc(C(=O)N[C@@H](Cc2ccc(C(=O)O)cc2)C(=O)N2CCN(CCOC=O)CC2)nc(-c2ccccc2)c1. The third-order valence-corrected chi connectivity index (χ3v) is 8.40. The van der Waals surface area contributed by atoms with E-state index in [1.54, 1.807) is 24.1 Å². The molecule has 2 heterocycles. The molecule has 2 amide bonds. The number of nitrogens with one attached hydrogen (secondary N) is 1. The lowest BCUT2D eigenvalue weighted by Crippen LogP contribution is -2.55. The number of pyridine rings is 1. The molecular weight excluding hydrogens is 576 g/mol. The molecule has 2 N–H and O–H groups in total. The van der Waals surface area contributed by atoms with Gasteiger partial charge >= 0.3 is 5.97 Å². The summed E-state index contributed by atoms with van der Waals surface area (Å²) in [4.78, 5) is 58.2. The highest BCUT2D eigenvalue weighted by Gasteiger charge is 2.39. The fourth-order valence-electron chi connectivity index (χ4n) is 5.79. The summed E-state index contributed by atoms with van der Waals surface area (Å²) in [6, 6.07) is 18.9. The van der Waals surface area contributed by atoms with E-state index in [0.29, 0.717) is 57.4 Å². The van der Waals surface area contributed by atoms with Gasteiger partial charge in [0.2, 0.25) is 5.91 Å². The van der Waals surface area contributed by atoms with E-state index in [2.05, 4.69) is 10.2 Å². The van der Waals surface area contributed by atoms with Gasteiger partial charge in [-0.2, -0.15) is 0 Å². The van der Waals surface area contributed by atoms with Crippen molar-refractivity contribution in [3.63, 3.8) is 0 Å². The largest absolute Gasteiger partial charge is 0.478 e. The van der Waals surface area contributed by atoms with Gasteiger partial charge in [-0.1, -0.05) is 42.5 Å². The van der Waals surface area contributed by atoms with Crippen LogP contribution >= 0.6 is 0 Å².